The highest BCUT2D eigenvalue weighted by molar-refractivity contribution is 7.99. The van der Waals surface area contributed by atoms with Crippen LogP contribution in [0, 0.1) is 0 Å². The van der Waals surface area contributed by atoms with E-state index < -0.39 is 6.23 Å². The van der Waals surface area contributed by atoms with E-state index in [1.807, 2.05) is 53.9 Å². The van der Waals surface area contributed by atoms with E-state index >= 15 is 0 Å². The van der Waals surface area contributed by atoms with Crippen LogP contribution in [0.3, 0.4) is 0 Å². The molecule has 0 radical (unpaired) electrons. The smallest absolute Gasteiger partial charge is 0.247 e. The van der Waals surface area contributed by atoms with Crippen molar-refractivity contribution in [3.8, 4) is 17.1 Å². The van der Waals surface area contributed by atoms with Crippen molar-refractivity contribution in [2.24, 2.45) is 0 Å². The minimum Gasteiger partial charge on any atom is -0.448 e. The Labute approximate surface area is 177 Å². The van der Waals surface area contributed by atoms with E-state index in [1.54, 1.807) is 22.3 Å². The van der Waals surface area contributed by atoms with E-state index in [2.05, 4.69) is 21.8 Å². The lowest BCUT2D eigenvalue weighted by Gasteiger charge is -2.27. The van der Waals surface area contributed by atoms with Gasteiger partial charge in [0.25, 0.3) is 0 Å². The maximum atomic E-state index is 12.6. The highest BCUT2D eigenvalue weighted by atomic mass is 32.2. The lowest BCUT2D eigenvalue weighted by molar-refractivity contribution is -0.117. The Balaban J connectivity index is 1.82. The summed E-state index contributed by atoms with van der Waals surface area (Å²) < 4.78 is 6.20. The summed E-state index contributed by atoms with van der Waals surface area (Å²) in [5.74, 6) is 0.877. The van der Waals surface area contributed by atoms with Crippen LogP contribution in [0.15, 0.2) is 65.7 Å². The van der Waals surface area contributed by atoms with E-state index in [9.17, 15) is 4.79 Å². The standard InChI is InChI=1S/C21H18N4O2S2/c1-3-12-29-21-22-20-19(23-24-21)16-8-4-5-9-17(16)25(14(2)26)18(27-20)11-10-15-7-6-13-28-15/h3-11,13,18H,1,12H2,2H3/b11-10+. The Bertz CT molecular complexity index is 1070. The van der Waals surface area contributed by atoms with Gasteiger partial charge < -0.3 is 4.74 Å². The van der Waals surface area contributed by atoms with Crippen LogP contribution in [-0.4, -0.2) is 33.1 Å². The van der Waals surface area contributed by atoms with Crippen molar-refractivity contribution in [3.05, 3.63) is 65.4 Å². The Kier molecular flexibility index (Phi) is 5.73. The predicted molar refractivity (Wildman–Crippen MR) is 117 cm³/mol. The van der Waals surface area contributed by atoms with E-state index in [4.69, 9.17) is 4.74 Å². The van der Waals surface area contributed by atoms with Crippen molar-refractivity contribution in [3.63, 3.8) is 0 Å². The van der Waals surface area contributed by atoms with Gasteiger partial charge in [0.1, 0.15) is 0 Å². The summed E-state index contributed by atoms with van der Waals surface area (Å²) >= 11 is 3.03. The molecule has 0 spiro atoms. The summed E-state index contributed by atoms with van der Waals surface area (Å²) in [6.07, 6.45) is 4.92. The van der Waals surface area contributed by atoms with Gasteiger partial charge in [-0.3, -0.25) is 9.69 Å². The quantitative estimate of drug-likeness (QED) is 0.440. The van der Waals surface area contributed by atoms with Crippen molar-refractivity contribution < 1.29 is 9.53 Å². The van der Waals surface area contributed by atoms with E-state index in [0.717, 1.165) is 10.4 Å². The number of nitrogens with zero attached hydrogens (tertiary/aromatic N) is 4. The topological polar surface area (TPSA) is 68.2 Å². The third kappa shape index (κ3) is 4.08. The molecular weight excluding hydrogens is 404 g/mol. The summed E-state index contributed by atoms with van der Waals surface area (Å²) in [6, 6.07) is 11.5. The van der Waals surface area contributed by atoms with Crippen molar-refractivity contribution in [2.45, 2.75) is 18.3 Å². The van der Waals surface area contributed by atoms with Crippen molar-refractivity contribution in [1.82, 2.24) is 15.2 Å². The molecule has 29 heavy (non-hydrogen) atoms. The zero-order valence-corrected chi connectivity index (χ0v) is 17.3. The van der Waals surface area contributed by atoms with Gasteiger partial charge in [0.2, 0.25) is 16.9 Å². The molecule has 3 heterocycles. The molecule has 4 rings (SSSR count). The number of rotatable bonds is 5. The number of ether oxygens (including phenoxy) is 1. The molecule has 0 saturated carbocycles. The minimum atomic E-state index is -0.661. The summed E-state index contributed by atoms with van der Waals surface area (Å²) in [7, 11) is 0. The van der Waals surface area contributed by atoms with Crippen LogP contribution >= 0.6 is 23.1 Å². The highest BCUT2D eigenvalue weighted by Gasteiger charge is 2.32. The molecule has 8 heteroatoms. The number of fused-ring (bicyclic) bond motifs is 3. The number of thiophene rings is 1. The monoisotopic (exact) mass is 422 g/mol. The molecular formula is C21H18N4O2S2. The maximum absolute atomic E-state index is 12.6. The number of thioether (sulfide) groups is 1. The van der Waals surface area contributed by atoms with E-state index in [0.29, 0.717) is 28.2 Å². The fraction of sp³-hybridized carbons (Fsp3) is 0.143. The number of anilines is 1. The number of aromatic nitrogens is 3. The van der Waals surface area contributed by atoms with Crippen LogP contribution < -0.4 is 9.64 Å². The normalized spacial score (nSPS) is 15.3. The van der Waals surface area contributed by atoms with Crippen molar-refractivity contribution in [2.75, 3.05) is 10.7 Å². The SMILES string of the molecule is C=CCSc1nnc2c(n1)OC(/C=C/c1cccs1)N(C(C)=O)c1ccccc1-2. The zero-order chi connectivity index (χ0) is 20.2. The second-order valence-electron chi connectivity index (χ2n) is 6.14. The molecule has 1 aliphatic heterocycles. The van der Waals surface area contributed by atoms with Gasteiger partial charge in [-0.1, -0.05) is 42.1 Å². The van der Waals surface area contributed by atoms with E-state index in [1.165, 1.54) is 18.7 Å². The molecule has 1 aliphatic rings. The third-order valence-corrected chi connectivity index (χ3v) is 5.85. The first kappa shape index (κ1) is 19.4. The van der Waals surface area contributed by atoms with E-state index in [-0.39, 0.29) is 5.91 Å². The summed E-state index contributed by atoms with van der Waals surface area (Å²) in [6.45, 7) is 5.24. The zero-order valence-electron chi connectivity index (χ0n) is 15.7. The number of amides is 1. The molecule has 1 unspecified atom stereocenters. The molecule has 3 aromatic rings. The summed E-state index contributed by atoms with van der Waals surface area (Å²) in [5.41, 5.74) is 1.98. The van der Waals surface area contributed by atoms with Gasteiger partial charge in [-0.05, 0) is 29.7 Å². The minimum absolute atomic E-state index is 0.139. The molecule has 0 fully saturated rings. The van der Waals surface area contributed by atoms with Crippen LogP contribution in [0.5, 0.6) is 5.88 Å². The Morgan fingerprint density at radius 2 is 2.17 bits per heavy atom. The summed E-state index contributed by atoms with van der Waals surface area (Å²) in [4.78, 5) is 19.8. The predicted octanol–water partition coefficient (Wildman–Crippen LogP) is 4.66. The van der Waals surface area contributed by atoms with Crippen LogP contribution in [0.2, 0.25) is 0 Å². The fourth-order valence-corrected chi connectivity index (χ4v) is 4.11. The highest BCUT2D eigenvalue weighted by Crippen LogP contribution is 2.39. The van der Waals surface area contributed by atoms with Crippen LogP contribution in [-0.2, 0) is 4.79 Å². The molecule has 1 amide bonds. The number of carbonyl (C=O) groups excluding carboxylic acids is 1. The first-order valence-corrected chi connectivity index (χ1v) is 10.8. The lowest BCUT2D eigenvalue weighted by atomic mass is 10.1. The molecule has 146 valence electrons. The van der Waals surface area contributed by atoms with Crippen LogP contribution in [0.25, 0.3) is 17.3 Å². The average Bonchev–Trinajstić information content (AvgIpc) is 3.20. The number of carbonyl (C=O) groups is 1. The second-order valence-corrected chi connectivity index (χ2v) is 8.10. The van der Waals surface area contributed by atoms with Gasteiger partial charge in [-0.2, -0.15) is 4.98 Å². The number of benzene rings is 1. The lowest BCUT2D eigenvalue weighted by Crippen LogP contribution is -2.41. The largest absolute Gasteiger partial charge is 0.448 e. The number of hydrogen-bond acceptors (Lipinski definition) is 7. The Morgan fingerprint density at radius 3 is 2.93 bits per heavy atom. The van der Waals surface area contributed by atoms with Gasteiger partial charge in [0, 0.05) is 23.1 Å². The Morgan fingerprint density at radius 1 is 1.31 bits per heavy atom. The number of hydrogen-bond donors (Lipinski definition) is 0. The van der Waals surface area contributed by atoms with Gasteiger partial charge >= 0.3 is 0 Å². The maximum Gasteiger partial charge on any atom is 0.247 e. The molecule has 6 nitrogen and oxygen atoms in total. The van der Waals surface area contributed by atoms with Gasteiger partial charge in [-0.15, -0.1) is 28.1 Å². The molecule has 1 aromatic carbocycles. The summed E-state index contributed by atoms with van der Waals surface area (Å²) in [5, 5.41) is 11.1. The molecule has 1 atom stereocenters. The van der Waals surface area contributed by atoms with Crippen LogP contribution in [0.4, 0.5) is 5.69 Å². The van der Waals surface area contributed by atoms with Gasteiger partial charge in [0.05, 0.1) is 5.69 Å². The second kappa shape index (κ2) is 8.59. The average molecular weight is 423 g/mol. The van der Waals surface area contributed by atoms with Crippen molar-refractivity contribution in [1.29, 1.82) is 0 Å². The molecule has 0 saturated heterocycles. The molecule has 0 N–H and O–H groups in total. The molecule has 2 aromatic heterocycles. The Hall–Kier alpha value is -2.97. The third-order valence-electron chi connectivity index (χ3n) is 4.18. The fourth-order valence-electron chi connectivity index (χ4n) is 2.97. The number of para-hydroxylation sites is 1. The first-order valence-electron chi connectivity index (χ1n) is 8.93. The molecule has 0 bridgehead atoms. The van der Waals surface area contributed by atoms with Crippen LogP contribution in [0.1, 0.15) is 11.8 Å². The van der Waals surface area contributed by atoms with Gasteiger partial charge in [0.15, 0.2) is 11.9 Å². The molecule has 0 aliphatic carbocycles. The van der Waals surface area contributed by atoms with Gasteiger partial charge in [-0.25, -0.2) is 0 Å². The first-order chi connectivity index (χ1) is 14.2. The van der Waals surface area contributed by atoms with Crippen molar-refractivity contribution >= 4 is 40.8 Å².